The molecule has 0 heterocycles. The molecule has 0 saturated heterocycles. The van der Waals surface area contributed by atoms with Crippen LogP contribution in [0.4, 0.5) is 0 Å². The molecule has 0 aromatic heterocycles. The van der Waals surface area contributed by atoms with Gasteiger partial charge < -0.3 is 19.5 Å². The number of ether oxygens (including phenoxy) is 2. The van der Waals surface area contributed by atoms with Gasteiger partial charge in [0.05, 0.1) is 25.3 Å². The number of benzene rings is 1. The second-order valence-corrected chi connectivity index (χ2v) is 4.08. The molecule has 5 nitrogen and oxygen atoms in total. The van der Waals surface area contributed by atoms with Crippen LogP contribution in [0.3, 0.4) is 0 Å². The summed E-state index contributed by atoms with van der Waals surface area (Å²) in [5.74, 6) is -0.119. The molecule has 0 spiro atoms. The quantitative estimate of drug-likeness (QED) is 0.864. The van der Waals surface area contributed by atoms with E-state index in [9.17, 15) is 9.90 Å². The van der Waals surface area contributed by atoms with Crippen molar-refractivity contribution in [2.75, 3.05) is 27.9 Å². The summed E-state index contributed by atoms with van der Waals surface area (Å²) in [6.07, 6.45) is 0. The fourth-order valence-electron chi connectivity index (χ4n) is 1.60. The highest BCUT2D eigenvalue weighted by Crippen LogP contribution is 2.30. The lowest BCUT2D eigenvalue weighted by molar-refractivity contribution is 0.0630. The summed E-state index contributed by atoms with van der Waals surface area (Å²) in [6, 6.07) is 4.76. The zero-order valence-electron chi connectivity index (χ0n) is 11.1. The van der Waals surface area contributed by atoms with E-state index in [-0.39, 0.29) is 29.0 Å². The number of hydrogen-bond donors (Lipinski definition) is 1. The lowest BCUT2D eigenvalue weighted by atomic mass is 10.1. The number of methoxy groups -OCH3 is 2. The lowest BCUT2D eigenvalue weighted by Crippen LogP contribution is -2.37. The first-order valence-corrected chi connectivity index (χ1v) is 5.65. The first kappa shape index (κ1) is 14.3. The van der Waals surface area contributed by atoms with Gasteiger partial charge in [-0.1, -0.05) is 6.07 Å². The van der Waals surface area contributed by atoms with Crippen LogP contribution in [0.2, 0.25) is 0 Å². The Hall–Kier alpha value is -1.75. The highest BCUT2D eigenvalue weighted by atomic mass is 16.5. The molecule has 1 unspecified atom stereocenters. The number of carbonyl (C=O) groups excluding carboxylic acids is 1. The smallest absolute Gasteiger partial charge is 0.257 e. The summed E-state index contributed by atoms with van der Waals surface area (Å²) in [6.45, 7) is 2.31. The van der Waals surface area contributed by atoms with Crippen molar-refractivity contribution < 1.29 is 19.4 Å². The molecule has 0 radical (unpaired) electrons. The molecular formula is C13H19NO4. The van der Waals surface area contributed by atoms with E-state index in [4.69, 9.17) is 9.47 Å². The first-order chi connectivity index (χ1) is 8.52. The Kier molecular flexibility index (Phi) is 4.97. The second kappa shape index (κ2) is 6.26. The number of nitrogens with zero attached hydrogens (tertiary/aromatic N) is 1. The molecule has 0 aliphatic carbocycles. The van der Waals surface area contributed by atoms with Crippen LogP contribution in [-0.2, 0) is 4.74 Å². The molecule has 5 heteroatoms. The third kappa shape index (κ3) is 2.92. The molecule has 0 bridgehead atoms. The largest absolute Gasteiger partial charge is 0.504 e. The summed E-state index contributed by atoms with van der Waals surface area (Å²) in [7, 11) is 4.70. The standard InChI is InChI=1S/C13H19NO4/c1-9(8-17-3)14(2)13(16)10-6-5-7-11(18-4)12(10)15/h5-7,9,15H,8H2,1-4H3. The van der Waals surface area contributed by atoms with Crippen LogP contribution >= 0.6 is 0 Å². The van der Waals surface area contributed by atoms with E-state index >= 15 is 0 Å². The zero-order valence-corrected chi connectivity index (χ0v) is 11.1. The maximum absolute atomic E-state index is 12.2. The van der Waals surface area contributed by atoms with Crippen molar-refractivity contribution in [2.24, 2.45) is 0 Å². The van der Waals surface area contributed by atoms with Gasteiger partial charge in [0.2, 0.25) is 0 Å². The average Bonchev–Trinajstić information content (AvgIpc) is 2.37. The van der Waals surface area contributed by atoms with Gasteiger partial charge >= 0.3 is 0 Å². The Morgan fingerprint density at radius 2 is 2.11 bits per heavy atom. The molecule has 1 aromatic carbocycles. The highest BCUT2D eigenvalue weighted by Gasteiger charge is 2.21. The molecule has 1 atom stereocenters. The topological polar surface area (TPSA) is 59.0 Å². The Balaban J connectivity index is 2.97. The maximum Gasteiger partial charge on any atom is 0.257 e. The van der Waals surface area contributed by atoms with E-state index in [1.807, 2.05) is 6.92 Å². The molecule has 1 aromatic rings. The molecule has 0 fully saturated rings. The Morgan fingerprint density at radius 1 is 1.44 bits per heavy atom. The summed E-state index contributed by atoms with van der Waals surface area (Å²) in [5.41, 5.74) is 0.222. The fourth-order valence-corrected chi connectivity index (χ4v) is 1.60. The van der Waals surface area contributed by atoms with E-state index in [2.05, 4.69) is 0 Å². The molecule has 18 heavy (non-hydrogen) atoms. The van der Waals surface area contributed by atoms with Gasteiger partial charge in [-0.25, -0.2) is 0 Å². The number of amides is 1. The highest BCUT2D eigenvalue weighted by molar-refractivity contribution is 5.97. The third-order valence-electron chi connectivity index (χ3n) is 2.84. The zero-order chi connectivity index (χ0) is 13.7. The molecule has 100 valence electrons. The third-order valence-corrected chi connectivity index (χ3v) is 2.84. The van der Waals surface area contributed by atoms with Gasteiger partial charge in [-0.15, -0.1) is 0 Å². The molecule has 1 rings (SSSR count). The number of phenolic OH excluding ortho intramolecular Hbond substituents is 1. The molecular weight excluding hydrogens is 234 g/mol. The number of rotatable bonds is 5. The van der Waals surface area contributed by atoms with Gasteiger partial charge in [0.15, 0.2) is 11.5 Å². The average molecular weight is 253 g/mol. The van der Waals surface area contributed by atoms with E-state index in [1.54, 1.807) is 32.4 Å². The van der Waals surface area contributed by atoms with Gasteiger partial charge in [0, 0.05) is 14.2 Å². The van der Waals surface area contributed by atoms with Crippen LogP contribution in [0.15, 0.2) is 18.2 Å². The first-order valence-electron chi connectivity index (χ1n) is 5.65. The van der Waals surface area contributed by atoms with Crippen molar-refractivity contribution >= 4 is 5.91 Å². The Labute approximate surface area is 107 Å². The number of aromatic hydroxyl groups is 1. The molecule has 0 aliphatic heterocycles. The summed E-state index contributed by atoms with van der Waals surface area (Å²) < 4.78 is 9.98. The summed E-state index contributed by atoms with van der Waals surface area (Å²) in [5, 5.41) is 9.92. The van der Waals surface area contributed by atoms with Crippen molar-refractivity contribution in [1.29, 1.82) is 0 Å². The van der Waals surface area contributed by atoms with Crippen LogP contribution in [0.25, 0.3) is 0 Å². The van der Waals surface area contributed by atoms with E-state index < -0.39 is 0 Å². The maximum atomic E-state index is 12.2. The second-order valence-electron chi connectivity index (χ2n) is 4.08. The van der Waals surface area contributed by atoms with Crippen molar-refractivity contribution in [3.63, 3.8) is 0 Å². The summed E-state index contributed by atoms with van der Waals surface area (Å²) in [4.78, 5) is 13.7. The predicted molar refractivity (Wildman–Crippen MR) is 68.1 cm³/mol. The van der Waals surface area contributed by atoms with Crippen LogP contribution in [0.5, 0.6) is 11.5 Å². The lowest BCUT2D eigenvalue weighted by Gasteiger charge is -2.24. The number of carbonyl (C=O) groups is 1. The Bertz CT molecular complexity index is 419. The van der Waals surface area contributed by atoms with Gasteiger partial charge in [0.1, 0.15) is 0 Å². The minimum Gasteiger partial charge on any atom is -0.504 e. The van der Waals surface area contributed by atoms with Crippen LogP contribution in [0.1, 0.15) is 17.3 Å². The van der Waals surface area contributed by atoms with Gasteiger partial charge in [-0.05, 0) is 19.1 Å². The number of para-hydroxylation sites is 1. The minimum atomic E-state index is -0.268. The molecule has 1 amide bonds. The van der Waals surface area contributed by atoms with Crippen molar-refractivity contribution in [3.8, 4) is 11.5 Å². The molecule has 1 N–H and O–H groups in total. The summed E-state index contributed by atoms with van der Waals surface area (Å²) >= 11 is 0. The molecule has 0 aliphatic rings. The van der Waals surface area contributed by atoms with Crippen LogP contribution < -0.4 is 4.74 Å². The monoisotopic (exact) mass is 253 g/mol. The van der Waals surface area contributed by atoms with Crippen molar-refractivity contribution in [1.82, 2.24) is 4.90 Å². The van der Waals surface area contributed by atoms with Crippen LogP contribution in [-0.4, -0.2) is 49.8 Å². The van der Waals surface area contributed by atoms with Gasteiger partial charge in [-0.3, -0.25) is 4.79 Å². The number of phenols is 1. The van der Waals surface area contributed by atoms with Gasteiger partial charge in [0.25, 0.3) is 5.91 Å². The number of hydrogen-bond acceptors (Lipinski definition) is 4. The van der Waals surface area contributed by atoms with E-state index in [1.165, 1.54) is 12.0 Å². The Morgan fingerprint density at radius 3 is 2.67 bits per heavy atom. The number of likely N-dealkylation sites (N-methyl/N-ethyl adjacent to an activating group) is 1. The van der Waals surface area contributed by atoms with Crippen molar-refractivity contribution in [2.45, 2.75) is 13.0 Å². The minimum absolute atomic E-state index is 0.0758. The van der Waals surface area contributed by atoms with Gasteiger partial charge in [-0.2, -0.15) is 0 Å². The van der Waals surface area contributed by atoms with Crippen LogP contribution in [0, 0.1) is 0 Å². The van der Waals surface area contributed by atoms with Crippen molar-refractivity contribution in [3.05, 3.63) is 23.8 Å². The normalized spacial score (nSPS) is 12.0. The van der Waals surface area contributed by atoms with E-state index in [0.717, 1.165) is 0 Å². The fraction of sp³-hybridized carbons (Fsp3) is 0.462. The molecule has 0 saturated carbocycles. The van der Waals surface area contributed by atoms with E-state index in [0.29, 0.717) is 6.61 Å². The SMILES string of the molecule is COCC(C)N(C)C(=O)c1cccc(OC)c1O. The predicted octanol–water partition coefficient (Wildman–Crippen LogP) is 1.51.